The van der Waals surface area contributed by atoms with Gasteiger partial charge in [0.05, 0.1) is 18.5 Å². The van der Waals surface area contributed by atoms with Gasteiger partial charge in [-0.2, -0.15) is 18.3 Å². The zero-order chi connectivity index (χ0) is 17.3. The van der Waals surface area contributed by atoms with Crippen molar-refractivity contribution < 1.29 is 22.3 Å². The van der Waals surface area contributed by atoms with E-state index in [9.17, 15) is 17.6 Å². The minimum Gasteiger partial charge on any atom is -0.497 e. The van der Waals surface area contributed by atoms with Gasteiger partial charge in [0, 0.05) is 5.56 Å². The quantitative estimate of drug-likeness (QED) is 0.648. The van der Waals surface area contributed by atoms with Crippen LogP contribution in [0, 0.1) is 5.82 Å². The van der Waals surface area contributed by atoms with Gasteiger partial charge in [0.25, 0.3) is 0 Å². The fourth-order valence-corrected chi connectivity index (χ4v) is 2.27. The number of hydrogen-bond donors (Lipinski definition) is 0. The molecule has 0 unspecified atom stereocenters. The van der Waals surface area contributed by atoms with Crippen molar-refractivity contribution in [2.75, 3.05) is 7.11 Å². The molecular weight excluding hydrogens is 324 g/mol. The van der Waals surface area contributed by atoms with Crippen LogP contribution in [0.4, 0.5) is 17.6 Å². The third-order valence-electron chi connectivity index (χ3n) is 3.46. The Morgan fingerprint density at radius 3 is 2.12 bits per heavy atom. The highest BCUT2D eigenvalue weighted by Crippen LogP contribution is 2.33. The Labute approximate surface area is 135 Å². The molecule has 0 aliphatic rings. The smallest absolute Gasteiger partial charge is 0.435 e. The van der Waals surface area contributed by atoms with Crippen molar-refractivity contribution in [1.29, 1.82) is 0 Å². The van der Waals surface area contributed by atoms with E-state index in [0.29, 0.717) is 17.0 Å². The Kier molecular flexibility index (Phi) is 4.01. The van der Waals surface area contributed by atoms with Crippen molar-refractivity contribution in [2.45, 2.75) is 6.18 Å². The number of benzene rings is 2. The van der Waals surface area contributed by atoms with Crippen LogP contribution in [0.2, 0.25) is 0 Å². The maximum atomic E-state index is 13.1. The predicted molar refractivity (Wildman–Crippen MR) is 80.5 cm³/mol. The maximum Gasteiger partial charge on any atom is 0.435 e. The maximum absolute atomic E-state index is 13.1. The molecule has 0 spiro atoms. The molecule has 1 heterocycles. The first-order valence-corrected chi connectivity index (χ1v) is 6.96. The summed E-state index contributed by atoms with van der Waals surface area (Å²) >= 11 is 0. The Balaban J connectivity index is 2.15. The molecule has 0 aliphatic heterocycles. The molecule has 0 saturated carbocycles. The minimum atomic E-state index is -4.58. The van der Waals surface area contributed by atoms with Crippen molar-refractivity contribution >= 4 is 0 Å². The Morgan fingerprint density at radius 1 is 0.958 bits per heavy atom. The van der Waals surface area contributed by atoms with E-state index >= 15 is 0 Å². The molecule has 0 radical (unpaired) electrons. The van der Waals surface area contributed by atoms with Crippen LogP contribution in [0.15, 0.2) is 54.6 Å². The van der Waals surface area contributed by atoms with Gasteiger partial charge in [-0.05, 0) is 54.6 Å². The number of halogens is 4. The van der Waals surface area contributed by atoms with Gasteiger partial charge in [0.2, 0.25) is 0 Å². The van der Waals surface area contributed by atoms with E-state index in [1.54, 1.807) is 24.3 Å². The summed E-state index contributed by atoms with van der Waals surface area (Å²) in [7, 11) is 1.49. The molecule has 0 aliphatic carbocycles. The second-order valence-corrected chi connectivity index (χ2v) is 5.03. The molecule has 3 nitrogen and oxygen atoms in total. The summed E-state index contributed by atoms with van der Waals surface area (Å²) < 4.78 is 58.4. The third kappa shape index (κ3) is 3.10. The lowest BCUT2D eigenvalue weighted by atomic mass is 10.1. The topological polar surface area (TPSA) is 27.1 Å². The fourth-order valence-electron chi connectivity index (χ4n) is 2.27. The monoisotopic (exact) mass is 336 g/mol. The first kappa shape index (κ1) is 16.0. The molecule has 0 atom stereocenters. The van der Waals surface area contributed by atoms with Gasteiger partial charge in [-0.15, -0.1) is 0 Å². The van der Waals surface area contributed by atoms with Gasteiger partial charge in [0.15, 0.2) is 5.69 Å². The lowest BCUT2D eigenvalue weighted by molar-refractivity contribution is -0.141. The lowest BCUT2D eigenvalue weighted by Gasteiger charge is -2.08. The first-order chi connectivity index (χ1) is 11.4. The summed E-state index contributed by atoms with van der Waals surface area (Å²) in [4.78, 5) is 0. The first-order valence-electron chi connectivity index (χ1n) is 6.96. The van der Waals surface area contributed by atoms with Crippen molar-refractivity contribution in [3.63, 3.8) is 0 Å². The normalized spacial score (nSPS) is 11.5. The highest BCUT2D eigenvalue weighted by molar-refractivity contribution is 5.63. The minimum absolute atomic E-state index is 0.215. The predicted octanol–water partition coefficient (Wildman–Crippen LogP) is 4.71. The molecule has 0 bridgehead atoms. The highest BCUT2D eigenvalue weighted by atomic mass is 19.4. The van der Waals surface area contributed by atoms with Crippen LogP contribution >= 0.6 is 0 Å². The van der Waals surface area contributed by atoms with Gasteiger partial charge in [-0.25, -0.2) is 9.07 Å². The van der Waals surface area contributed by atoms with Gasteiger partial charge in [-0.1, -0.05) is 0 Å². The van der Waals surface area contributed by atoms with E-state index in [1.165, 1.54) is 36.1 Å². The summed E-state index contributed by atoms with van der Waals surface area (Å²) in [6.07, 6.45) is -4.58. The summed E-state index contributed by atoms with van der Waals surface area (Å²) in [5, 5.41) is 3.66. The number of hydrogen-bond acceptors (Lipinski definition) is 2. The van der Waals surface area contributed by atoms with E-state index in [4.69, 9.17) is 4.74 Å². The van der Waals surface area contributed by atoms with Crippen LogP contribution in [0.3, 0.4) is 0 Å². The Hall–Kier alpha value is -2.83. The van der Waals surface area contributed by atoms with Crippen LogP contribution < -0.4 is 4.74 Å². The number of nitrogens with zero attached hydrogens (tertiary/aromatic N) is 2. The zero-order valence-electron chi connectivity index (χ0n) is 12.5. The summed E-state index contributed by atoms with van der Waals surface area (Å²) in [6, 6.07) is 12.6. The number of methoxy groups -OCH3 is 1. The van der Waals surface area contributed by atoms with Gasteiger partial charge >= 0.3 is 6.18 Å². The molecule has 3 aromatic rings. The third-order valence-corrected chi connectivity index (χ3v) is 3.46. The molecule has 7 heteroatoms. The molecule has 0 N–H and O–H groups in total. The van der Waals surface area contributed by atoms with Gasteiger partial charge < -0.3 is 4.74 Å². The second-order valence-electron chi connectivity index (χ2n) is 5.03. The fraction of sp³-hybridized carbons (Fsp3) is 0.118. The molecule has 0 saturated heterocycles. The van der Waals surface area contributed by atoms with E-state index < -0.39 is 17.7 Å². The number of aromatic nitrogens is 2. The molecule has 0 amide bonds. The van der Waals surface area contributed by atoms with E-state index in [-0.39, 0.29) is 5.69 Å². The Bertz CT molecular complexity index is 837. The van der Waals surface area contributed by atoms with Crippen molar-refractivity contribution in [3.8, 4) is 22.7 Å². The Morgan fingerprint density at radius 2 is 1.58 bits per heavy atom. The second kappa shape index (κ2) is 5.99. The summed E-state index contributed by atoms with van der Waals surface area (Å²) in [6.45, 7) is 0. The largest absolute Gasteiger partial charge is 0.497 e. The highest BCUT2D eigenvalue weighted by Gasteiger charge is 2.35. The van der Waals surface area contributed by atoms with Crippen LogP contribution in [0.5, 0.6) is 5.75 Å². The van der Waals surface area contributed by atoms with Crippen LogP contribution in [0.25, 0.3) is 16.9 Å². The van der Waals surface area contributed by atoms with E-state index in [1.807, 2.05) is 0 Å². The number of rotatable bonds is 3. The molecule has 0 fully saturated rings. The van der Waals surface area contributed by atoms with Crippen molar-refractivity contribution in [3.05, 3.63) is 66.1 Å². The molecular formula is C17H12F4N2O. The van der Waals surface area contributed by atoms with Crippen molar-refractivity contribution in [2.24, 2.45) is 0 Å². The zero-order valence-corrected chi connectivity index (χ0v) is 12.5. The van der Waals surface area contributed by atoms with Crippen molar-refractivity contribution in [1.82, 2.24) is 9.78 Å². The van der Waals surface area contributed by atoms with Crippen LogP contribution in [-0.4, -0.2) is 16.9 Å². The molecule has 3 rings (SSSR count). The van der Waals surface area contributed by atoms with Gasteiger partial charge in [-0.3, -0.25) is 0 Å². The average molecular weight is 336 g/mol. The van der Waals surface area contributed by atoms with Crippen LogP contribution in [-0.2, 0) is 6.18 Å². The SMILES string of the molecule is COc1ccc(-n2nc(C(F)(F)F)cc2-c2ccc(F)cc2)cc1. The molecule has 2 aromatic carbocycles. The summed E-state index contributed by atoms with van der Waals surface area (Å²) in [5.74, 6) is 0.107. The average Bonchev–Trinajstić information content (AvgIpc) is 3.01. The van der Waals surface area contributed by atoms with Gasteiger partial charge in [0.1, 0.15) is 11.6 Å². The molecule has 24 heavy (non-hydrogen) atoms. The standard InChI is InChI=1S/C17H12F4N2O/c1-24-14-8-6-13(7-9-14)23-15(10-16(22-23)17(19,20)21)11-2-4-12(18)5-3-11/h2-10H,1H3. The summed E-state index contributed by atoms with van der Waals surface area (Å²) in [5.41, 5.74) is 0.0611. The van der Waals surface area contributed by atoms with Crippen LogP contribution in [0.1, 0.15) is 5.69 Å². The lowest BCUT2D eigenvalue weighted by Crippen LogP contribution is -2.07. The van der Waals surface area contributed by atoms with E-state index in [0.717, 1.165) is 6.07 Å². The number of ether oxygens (including phenoxy) is 1. The molecule has 1 aromatic heterocycles. The number of alkyl halides is 3. The van der Waals surface area contributed by atoms with E-state index in [2.05, 4.69) is 5.10 Å². The molecule has 124 valence electrons.